The van der Waals surface area contributed by atoms with Crippen LogP contribution >= 0.6 is 23.2 Å². The minimum Gasteiger partial charge on any atom is -0.491 e. The fourth-order valence-corrected chi connectivity index (χ4v) is 9.52. The summed E-state index contributed by atoms with van der Waals surface area (Å²) in [5.41, 5.74) is -1.19. The third kappa shape index (κ3) is 4.64. The molecule has 6 unspecified atom stereocenters. The Morgan fingerprint density at radius 1 is 0.816 bits per heavy atom. The number of imide groups is 2. The minimum absolute atomic E-state index is 0.0409. The maximum absolute atomic E-state index is 15.2. The summed E-state index contributed by atoms with van der Waals surface area (Å²) in [7, 11) is 0. The van der Waals surface area contributed by atoms with Gasteiger partial charge in [-0.25, -0.2) is 26.9 Å². The second-order valence-corrected chi connectivity index (χ2v) is 14.4. The number of hydrogen-bond acceptors (Lipinski definition) is 6. The lowest BCUT2D eigenvalue weighted by Crippen LogP contribution is -2.60. The van der Waals surface area contributed by atoms with Crippen molar-refractivity contribution in [2.24, 2.45) is 17.8 Å². The Hall–Kier alpha value is -3.55. The molecule has 3 aliphatic carbocycles. The Morgan fingerprint density at radius 2 is 1.43 bits per heavy atom. The Kier molecular flexibility index (Phi) is 8.34. The Morgan fingerprint density at radius 3 is 2.04 bits per heavy atom. The van der Waals surface area contributed by atoms with Crippen LogP contribution in [0.15, 0.2) is 35.9 Å². The molecule has 2 saturated carbocycles. The summed E-state index contributed by atoms with van der Waals surface area (Å²) < 4.78 is 78.7. The van der Waals surface area contributed by atoms with E-state index in [1.54, 1.807) is 6.08 Å². The molecule has 0 spiro atoms. The first kappa shape index (κ1) is 33.9. The molecule has 49 heavy (non-hydrogen) atoms. The van der Waals surface area contributed by atoms with Gasteiger partial charge in [0.1, 0.15) is 18.0 Å². The van der Waals surface area contributed by atoms with Gasteiger partial charge in [0.2, 0.25) is 17.6 Å². The Balaban J connectivity index is 1.39. The Labute approximate surface area is 286 Å². The molecule has 2 aromatic rings. The first-order valence-corrected chi connectivity index (χ1v) is 16.7. The molecule has 0 aromatic heterocycles. The van der Waals surface area contributed by atoms with Crippen molar-refractivity contribution in [3.63, 3.8) is 0 Å². The van der Waals surface area contributed by atoms with E-state index in [0.29, 0.717) is 24.2 Å². The van der Waals surface area contributed by atoms with Crippen LogP contribution in [0, 0.1) is 46.8 Å². The zero-order chi connectivity index (χ0) is 35.2. The van der Waals surface area contributed by atoms with E-state index in [0.717, 1.165) is 19.3 Å². The van der Waals surface area contributed by atoms with Gasteiger partial charge in [0.25, 0.3) is 11.8 Å². The van der Waals surface area contributed by atoms with E-state index >= 15 is 8.78 Å². The molecule has 4 amide bonds. The highest BCUT2D eigenvalue weighted by Crippen LogP contribution is 2.66. The maximum Gasteiger partial charge on any atom is 0.258 e. The molecule has 7 rings (SSSR count). The summed E-state index contributed by atoms with van der Waals surface area (Å²) in [4.78, 5) is 52.5. The average molecular weight is 728 g/mol. The minimum atomic E-state index is -2.59. The second-order valence-electron chi connectivity index (χ2n) is 13.2. The number of hydrogen-bond donors (Lipinski definition) is 1. The average Bonchev–Trinajstić information content (AvgIpc) is 3.44. The number of aliphatic hydroxyl groups excluding tert-OH is 1. The monoisotopic (exact) mass is 726 g/mol. The van der Waals surface area contributed by atoms with E-state index in [4.69, 9.17) is 33.0 Å². The number of alkyl halides is 2. The molecule has 15 heteroatoms. The van der Waals surface area contributed by atoms with Crippen molar-refractivity contribution in [2.45, 2.75) is 66.7 Å². The molecule has 2 heterocycles. The molecule has 5 aliphatic rings. The van der Waals surface area contributed by atoms with Crippen LogP contribution in [-0.4, -0.2) is 62.6 Å². The molecular formula is C34H29Cl2F5N2O6. The van der Waals surface area contributed by atoms with Crippen LogP contribution in [0.1, 0.15) is 56.4 Å². The lowest BCUT2D eigenvalue weighted by molar-refractivity contribution is -0.143. The number of nitrogens with zero attached hydrogens (tertiary/aromatic N) is 2. The van der Waals surface area contributed by atoms with Gasteiger partial charge >= 0.3 is 0 Å². The second kappa shape index (κ2) is 12.1. The van der Waals surface area contributed by atoms with Crippen molar-refractivity contribution >= 4 is 52.5 Å². The van der Waals surface area contributed by atoms with Crippen LogP contribution in [0.3, 0.4) is 0 Å². The number of amides is 4. The molecule has 2 aromatic carbocycles. The smallest absolute Gasteiger partial charge is 0.258 e. The number of benzene rings is 2. The summed E-state index contributed by atoms with van der Waals surface area (Å²) in [6, 6.07) is 5.64. The van der Waals surface area contributed by atoms with Gasteiger partial charge < -0.3 is 9.84 Å². The number of anilines is 1. The first-order valence-electron chi connectivity index (χ1n) is 16.0. The van der Waals surface area contributed by atoms with Crippen LogP contribution in [0.5, 0.6) is 5.75 Å². The number of carbonyl (C=O) groups excluding carboxylic acids is 4. The number of allylic oxidation sites excluding steroid dienone is 2. The summed E-state index contributed by atoms with van der Waals surface area (Å²) in [6.45, 7) is -0.323. The van der Waals surface area contributed by atoms with Gasteiger partial charge in [0.05, 0.1) is 18.4 Å². The first-order chi connectivity index (χ1) is 23.3. The van der Waals surface area contributed by atoms with Gasteiger partial charge in [-0.2, -0.15) is 0 Å². The number of likely N-dealkylation sites (tertiary alicyclic amines) is 1. The number of halogens is 7. The molecule has 2 saturated heterocycles. The van der Waals surface area contributed by atoms with Crippen LogP contribution in [0.25, 0.3) is 0 Å². The van der Waals surface area contributed by atoms with Gasteiger partial charge in [-0.05, 0) is 49.3 Å². The number of carbonyl (C=O) groups is 4. The number of ether oxygens (including phenoxy) is 1. The van der Waals surface area contributed by atoms with Gasteiger partial charge in [-0.1, -0.05) is 43.0 Å². The van der Waals surface area contributed by atoms with Gasteiger partial charge in [0, 0.05) is 12.0 Å². The lowest BCUT2D eigenvalue weighted by atomic mass is 9.56. The third-order valence-electron chi connectivity index (χ3n) is 10.8. The third-order valence-corrected chi connectivity index (χ3v) is 12.2. The van der Waals surface area contributed by atoms with Crippen molar-refractivity contribution in [2.75, 3.05) is 18.1 Å². The molecule has 4 fully saturated rings. The fraction of sp³-hybridized carbons (Fsp3) is 0.471. The van der Waals surface area contributed by atoms with E-state index in [1.165, 1.54) is 29.2 Å². The summed E-state index contributed by atoms with van der Waals surface area (Å²) in [6.07, 6.45) is 5.15. The quantitative estimate of drug-likeness (QED) is 0.103. The molecule has 0 radical (unpaired) electrons. The molecule has 8 nitrogen and oxygen atoms in total. The number of rotatable bonds is 6. The number of fused-ring (bicyclic) bond motifs is 4. The van der Waals surface area contributed by atoms with Crippen molar-refractivity contribution in [3.05, 3.63) is 70.6 Å². The highest BCUT2D eigenvalue weighted by atomic mass is 35.5. The topological polar surface area (TPSA) is 104 Å². The molecule has 1 N–H and O–H groups in total. The number of aliphatic hydroxyl groups is 1. The maximum atomic E-state index is 15.2. The fourth-order valence-electron chi connectivity index (χ4n) is 8.58. The van der Waals surface area contributed by atoms with Crippen LogP contribution in [-0.2, 0) is 19.2 Å². The van der Waals surface area contributed by atoms with Crippen LogP contribution < -0.4 is 9.64 Å². The normalized spacial score (nSPS) is 31.6. The highest BCUT2D eigenvalue weighted by Gasteiger charge is 2.77. The van der Waals surface area contributed by atoms with E-state index < -0.39 is 92.3 Å². The largest absolute Gasteiger partial charge is 0.491 e. The van der Waals surface area contributed by atoms with Gasteiger partial charge in [0.15, 0.2) is 33.0 Å². The standard InChI is InChI=1S/C34H29Cl2F5N2O6/c35-33-14-20-18(10-11-19-21(20)30(46)42(29(19)45)16-4-2-1-3-5-16)22(15-6-8-17(9-7-15)49-13-12-44)34(33,36)32(48)43(31(33)47)28-26(40)24(38)23(37)25(39)27(28)41/h6-10,16,19-22,44H,1-5,11-14H2. The summed E-state index contributed by atoms with van der Waals surface area (Å²) >= 11 is 14.3. The molecular weight excluding hydrogens is 698 g/mol. The lowest BCUT2D eigenvalue weighted by Gasteiger charge is -2.50. The van der Waals surface area contributed by atoms with Crippen molar-refractivity contribution in [3.8, 4) is 5.75 Å². The summed E-state index contributed by atoms with van der Waals surface area (Å²) in [5.74, 6) is -19.8. The SMILES string of the molecule is O=C1C2CC=C3C(CC4(Cl)C(=O)N(c5c(F)c(F)c(F)c(F)c5F)C(=O)C4(Cl)C3c3ccc(OCCO)cc3)C2C(=O)N1C1CCCCC1. The van der Waals surface area contributed by atoms with Gasteiger partial charge in [-0.15, -0.1) is 23.2 Å². The van der Waals surface area contributed by atoms with E-state index in [-0.39, 0.29) is 42.0 Å². The van der Waals surface area contributed by atoms with Crippen molar-refractivity contribution in [1.29, 1.82) is 0 Å². The van der Waals surface area contributed by atoms with Crippen LogP contribution in [0.4, 0.5) is 27.6 Å². The zero-order valence-corrected chi connectivity index (χ0v) is 27.2. The molecule has 6 atom stereocenters. The summed E-state index contributed by atoms with van der Waals surface area (Å²) in [5, 5.41) is 9.14. The van der Waals surface area contributed by atoms with Crippen molar-refractivity contribution < 1.29 is 51.0 Å². The highest BCUT2D eigenvalue weighted by molar-refractivity contribution is 6.58. The Bertz CT molecular complexity index is 1790. The predicted octanol–water partition coefficient (Wildman–Crippen LogP) is 5.65. The zero-order valence-electron chi connectivity index (χ0n) is 25.7. The van der Waals surface area contributed by atoms with Crippen LogP contribution in [0.2, 0.25) is 0 Å². The van der Waals surface area contributed by atoms with E-state index in [2.05, 4.69) is 0 Å². The molecule has 2 aliphatic heterocycles. The van der Waals surface area contributed by atoms with Crippen molar-refractivity contribution in [1.82, 2.24) is 4.90 Å². The predicted molar refractivity (Wildman–Crippen MR) is 164 cm³/mol. The van der Waals surface area contributed by atoms with Gasteiger partial charge in [-0.3, -0.25) is 24.1 Å². The molecule has 0 bridgehead atoms. The van der Waals surface area contributed by atoms with E-state index in [1.807, 2.05) is 0 Å². The molecule has 260 valence electrons. The van der Waals surface area contributed by atoms with E-state index in [9.17, 15) is 32.3 Å².